The number of anilines is 1. The van der Waals surface area contributed by atoms with Crippen LogP contribution in [0.3, 0.4) is 0 Å². The number of amidine groups is 1. The molecule has 3 N–H and O–H groups in total. The standard InChI is InChI=1S/C15H20F3N3/c1-9-5-10(2)8-21(7-9)11-3-4-13(15(16,17)18)12(6-11)14(19)20/h3-4,6,9-10H,5,7-8H2,1-2H3,(H3,19,20). The van der Waals surface area contributed by atoms with Gasteiger partial charge in [0.15, 0.2) is 0 Å². The van der Waals surface area contributed by atoms with Crippen LogP contribution in [0.25, 0.3) is 0 Å². The SMILES string of the molecule is CC1CC(C)CN(c2ccc(C(F)(F)F)c(C(=N)N)c2)C1. The molecule has 1 aromatic carbocycles. The van der Waals surface area contributed by atoms with Crippen LogP contribution >= 0.6 is 0 Å². The van der Waals surface area contributed by atoms with Crippen LogP contribution in [0.15, 0.2) is 18.2 Å². The third-order valence-electron chi connectivity index (χ3n) is 3.83. The molecule has 1 saturated heterocycles. The van der Waals surface area contributed by atoms with Gasteiger partial charge in [-0.15, -0.1) is 0 Å². The van der Waals surface area contributed by atoms with Crippen molar-refractivity contribution in [2.45, 2.75) is 26.4 Å². The predicted molar refractivity (Wildman–Crippen MR) is 77.6 cm³/mol. The van der Waals surface area contributed by atoms with Crippen molar-refractivity contribution in [3.63, 3.8) is 0 Å². The van der Waals surface area contributed by atoms with Crippen molar-refractivity contribution in [1.82, 2.24) is 0 Å². The normalized spacial score (nSPS) is 23.2. The molecule has 21 heavy (non-hydrogen) atoms. The van der Waals surface area contributed by atoms with Crippen molar-refractivity contribution >= 4 is 11.5 Å². The van der Waals surface area contributed by atoms with Crippen molar-refractivity contribution < 1.29 is 13.2 Å². The summed E-state index contributed by atoms with van der Waals surface area (Å²) in [4.78, 5) is 2.07. The fraction of sp³-hybridized carbons (Fsp3) is 0.533. The molecule has 116 valence electrons. The monoisotopic (exact) mass is 299 g/mol. The van der Waals surface area contributed by atoms with E-state index in [1.54, 1.807) is 0 Å². The Balaban J connectivity index is 2.38. The second kappa shape index (κ2) is 5.58. The molecule has 0 radical (unpaired) electrons. The number of rotatable bonds is 2. The number of halogens is 3. The molecule has 0 aromatic heterocycles. The molecule has 2 unspecified atom stereocenters. The zero-order valence-electron chi connectivity index (χ0n) is 12.2. The van der Waals surface area contributed by atoms with Gasteiger partial charge in [-0.1, -0.05) is 13.8 Å². The maximum Gasteiger partial charge on any atom is 0.417 e. The lowest BCUT2D eigenvalue weighted by atomic mass is 9.91. The number of hydrogen-bond acceptors (Lipinski definition) is 2. The molecule has 1 fully saturated rings. The van der Waals surface area contributed by atoms with Gasteiger partial charge in [0, 0.05) is 24.3 Å². The number of benzene rings is 1. The largest absolute Gasteiger partial charge is 0.417 e. The van der Waals surface area contributed by atoms with E-state index >= 15 is 0 Å². The summed E-state index contributed by atoms with van der Waals surface area (Å²) in [5.74, 6) is 0.441. The first-order valence-corrected chi connectivity index (χ1v) is 6.99. The van der Waals surface area contributed by atoms with Gasteiger partial charge in [-0.05, 0) is 36.5 Å². The van der Waals surface area contributed by atoms with Crippen LogP contribution in [-0.2, 0) is 6.18 Å². The molecule has 1 aliphatic rings. The van der Waals surface area contributed by atoms with Crippen molar-refractivity contribution in [2.75, 3.05) is 18.0 Å². The highest BCUT2D eigenvalue weighted by atomic mass is 19.4. The van der Waals surface area contributed by atoms with E-state index in [1.165, 1.54) is 12.1 Å². The Hall–Kier alpha value is -1.72. The second-order valence-corrected chi connectivity index (χ2v) is 5.99. The summed E-state index contributed by atoms with van der Waals surface area (Å²) in [6.07, 6.45) is -3.38. The first-order chi connectivity index (χ1) is 9.68. The van der Waals surface area contributed by atoms with Crippen molar-refractivity contribution in [2.24, 2.45) is 17.6 Å². The summed E-state index contributed by atoms with van der Waals surface area (Å²) < 4.78 is 38.8. The third-order valence-corrected chi connectivity index (χ3v) is 3.83. The highest BCUT2D eigenvalue weighted by Crippen LogP contribution is 2.35. The first kappa shape index (κ1) is 15.7. The highest BCUT2D eigenvalue weighted by Gasteiger charge is 2.34. The smallest absolute Gasteiger partial charge is 0.384 e. The Bertz CT molecular complexity index is 529. The van der Waals surface area contributed by atoms with Gasteiger partial charge < -0.3 is 10.6 Å². The highest BCUT2D eigenvalue weighted by molar-refractivity contribution is 5.97. The molecule has 6 heteroatoms. The molecular formula is C15H20F3N3. The molecule has 2 atom stereocenters. The molecule has 3 nitrogen and oxygen atoms in total. The number of hydrogen-bond donors (Lipinski definition) is 2. The minimum atomic E-state index is -4.50. The van der Waals surface area contributed by atoms with Gasteiger partial charge >= 0.3 is 6.18 Å². The number of nitrogens with two attached hydrogens (primary N) is 1. The summed E-state index contributed by atoms with van der Waals surface area (Å²) >= 11 is 0. The Morgan fingerprint density at radius 3 is 2.29 bits per heavy atom. The minimum absolute atomic E-state index is 0.245. The average Bonchev–Trinajstić information content (AvgIpc) is 2.35. The van der Waals surface area contributed by atoms with Crippen LogP contribution in [0, 0.1) is 17.2 Å². The lowest BCUT2D eigenvalue weighted by molar-refractivity contribution is -0.137. The van der Waals surface area contributed by atoms with Crippen molar-refractivity contribution in [3.05, 3.63) is 29.3 Å². The molecular weight excluding hydrogens is 279 g/mol. The quantitative estimate of drug-likeness (QED) is 0.649. The van der Waals surface area contributed by atoms with E-state index in [0.29, 0.717) is 17.5 Å². The zero-order valence-corrected chi connectivity index (χ0v) is 12.2. The molecule has 0 amide bonds. The van der Waals surface area contributed by atoms with E-state index in [0.717, 1.165) is 25.6 Å². The Kier molecular flexibility index (Phi) is 4.16. The zero-order chi connectivity index (χ0) is 15.8. The van der Waals surface area contributed by atoms with Crippen LogP contribution in [0.4, 0.5) is 18.9 Å². The first-order valence-electron chi connectivity index (χ1n) is 6.99. The number of nitrogen functional groups attached to an aromatic ring is 1. The fourth-order valence-corrected chi connectivity index (χ4v) is 3.07. The van der Waals surface area contributed by atoms with E-state index in [-0.39, 0.29) is 5.56 Å². The minimum Gasteiger partial charge on any atom is -0.384 e. The summed E-state index contributed by atoms with van der Waals surface area (Å²) in [5.41, 5.74) is 4.93. The Morgan fingerprint density at radius 1 is 1.24 bits per heavy atom. The molecule has 1 heterocycles. The van der Waals surface area contributed by atoms with Gasteiger partial charge in [-0.25, -0.2) is 0 Å². The van der Waals surface area contributed by atoms with Crippen molar-refractivity contribution in [1.29, 1.82) is 5.41 Å². The van der Waals surface area contributed by atoms with Crippen LogP contribution in [0.1, 0.15) is 31.4 Å². The summed E-state index contributed by atoms with van der Waals surface area (Å²) in [6.45, 7) is 5.90. The van der Waals surface area contributed by atoms with E-state index in [1.807, 2.05) is 0 Å². The number of alkyl halides is 3. The maximum atomic E-state index is 12.9. The van der Waals surface area contributed by atoms with E-state index < -0.39 is 17.6 Å². The number of piperidine rings is 1. The van der Waals surface area contributed by atoms with Gasteiger partial charge in [0.05, 0.1) is 5.56 Å². The van der Waals surface area contributed by atoms with Gasteiger partial charge in [-0.2, -0.15) is 13.2 Å². The molecule has 0 aliphatic carbocycles. The predicted octanol–water partition coefficient (Wildman–Crippen LogP) is 3.47. The van der Waals surface area contributed by atoms with Gasteiger partial charge in [0.2, 0.25) is 0 Å². The van der Waals surface area contributed by atoms with Crippen LogP contribution in [0.2, 0.25) is 0 Å². The van der Waals surface area contributed by atoms with Crippen LogP contribution in [0.5, 0.6) is 0 Å². The third kappa shape index (κ3) is 3.49. The molecule has 1 aromatic rings. The summed E-state index contributed by atoms with van der Waals surface area (Å²) in [6, 6.07) is 3.88. The molecule has 0 bridgehead atoms. The van der Waals surface area contributed by atoms with E-state index in [9.17, 15) is 13.2 Å². The summed E-state index contributed by atoms with van der Waals surface area (Å²) in [7, 11) is 0. The van der Waals surface area contributed by atoms with Crippen LogP contribution < -0.4 is 10.6 Å². The topological polar surface area (TPSA) is 53.1 Å². The summed E-state index contributed by atoms with van der Waals surface area (Å²) in [5, 5.41) is 7.41. The number of nitrogens with one attached hydrogen (secondary N) is 1. The fourth-order valence-electron chi connectivity index (χ4n) is 3.07. The number of nitrogens with zero attached hydrogens (tertiary/aromatic N) is 1. The van der Waals surface area contributed by atoms with E-state index in [2.05, 4.69) is 18.7 Å². The van der Waals surface area contributed by atoms with E-state index in [4.69, 9.17) is 11.1 Å². The lowest BCUT2D eigenvalue weighted by Gasteiger charge is -2.37. The molecule has 1 aliphatic heterocycles. The molecule has 0 spiro atoms. The van der Waals surface area contributed by atoms with Crippen LogP contribution in [-0.4, -0.2) is 18.9 Å². The lowest BCUT2D eigenvalue weighted by Crippen LogP contribution is -2.38. The average molecular weight is 299 g/mol. The van der Waals surface area contributed by atoms with Gasteiger partial charge in [0.25, 0.3) is 0 Å². The maximum absolute atomic E-state index is 12.9. The Labute approximate surface area is 122 Å². The van der Waals surface area contributed by atoms with Gasteiger partial charge in [0.1, 0.15) is 5.84 Å². The van der Waals surface area contributed by atoms with Crippen molar-refractivity contribution in [3.8, 4) is 0 Å². The molecule has 2 rings (SSSR count). The molecule has 0 saturated carbocycles. The van der Waals surface area contributed by atoms with Gasteiger partial charge in [-0.3, -0.25) is 5.41 Å². The Morgan fingerprint density at radius 2 is 1.81 bits per heavy atom. The second-order valence-electron chi connectivity index (χ2n) is 5.99.